The summed E-state index contributed by atoms with van der Waals surface area (Å²) in [7, 11) is 0. The summed E-state index contributed by atoms with van der Waals surface area (Å²) in [6.45, 7) is 9.35. The van der Waals surface area contributed by atoms with Gasteiger partial charge in [0.25, 0.3) is 0 Å². The minimum atomic E-state index is -0.651. The molecule has 0 nitrogen and oxygen atoms in total. The molecule has 0 N–H and O–H groups in total. The number of halogens is 2. The summed E-state index contributed by atoms with van der Waals surface area (Å²) in [5.41, 5.74) is 13.1. The minimum Gasteiger partial charge on any atom is -1.00 e. The summed E-state index contributed by atoms with van der Waals surface area (Å²) in [4.78, 5) is 0. The SMILES string of the molecule is CC(C)c1cccc2c1C=C1CCC3=Cc4c(C(C)C)cccc4[CH]3[Zr+2][CH]12.[Cl-].[Cl-]. The predicted molar refractivity (Wildman–Crippen MR) is 112 cm³/mol. The third-order valence-corrected chi connectivity index (χ3v) is 11.6. The molecule has 3 aliphatic rings. The summed E-state index contributed by atoms with van der Waals surface area (Å²) >= 11 is -0.651. The van der Waals surface area contributed by atoms with Gasteiger partial charge in [-0.05, 0) is 0 Å². The molecule has 0 radical (unpaired) electrons. The van der Waals surface area contributed by atoms with Gasteiger partial charge in [-0.2, -0.15) is 0 Å². The van der Waals surface area contributed by atoms with E-state index in [0.717, 1.165) is 7.25 Å². The maximum atomic E-state index is 2.59. The summed E-state index contributed by atoms with van der Waals surface area (Å²) in [5.74, 6) is 1.22. The maximum absolute atomic E-state index is 2.59. The monoisotopic (exact) mass is 500 g/mol. The first-order chi connectivity index (χ1) is 13.0. The van der Waals surface area contributed by atoms with Crippen molar-refractivity contribution in [3.63, 3.8) is 0 Å². The molecule has 0 saturated carbocycles. The first kappa shape index (κ1) is 23.1. The fourth-order valence-corrected chi connectivity index (χ4v) is 10.4. The Balaban J connectivity index is 0.00000120. The van der Waals surface area contributed by atoms with Crippen LogP contribution in [0.15, 0.2) is 47.5 Å². The summed E-state index contributed by atoms with van der Waals surface area (Å²) in [6, 6.07) is 14.2. The van der Waals surface area contributed by atoms with Crippen LogP contribution in [0, 0.1) is 0 Å². The molecular weight excluding hydrogens is 474 g/mol. The second kappa shape index (κ2) is 8.86. The largest absolute Gasteiger partial charge is 1.00 e. The molecule has 3 heteroatoms. The van der Waals surface area contributed by atoms with Gasteiger partial charge in [-0.3, -0.25) is 0 Å². The molecule has 150 valence electrons. The Hall–Kier alpha value is -0.617. The van der Waals surface area contributed by atoms with Crippen LogP contribution in [0.5, 0.6) is 0 Å². The minimum absolute atomic E-state index is 0. The average Bonchev–Trinajstić information content (AvgIpc) is 3.13. The molecule has 2 unspecified atom stereocenters. The predicted octanol–water partition coefficient (Wildman–Crippen LogP) is 1.39. The molecule has 2 aliphatic carbocycles. The van der Waals surface area contributed by atoms with E-state index >= 15 is 0 Å². The van der Waals surface area contributed by atoms with Crippen molar-refractivity contribution in [2.75, 3.05) is 0 Å². The van der Waals surface area contributed by atoms with Gasteiger partial charge in [0.2, 0.25) is 0 Å². The molecule has 5 rings (SSSR count). The molecule has 0 aromatic heterocycles. The second-order valence-corrected chi connectivity index (χ2v) is 12.6. The number of allylic oxidation sites excluding steroid dienone is 2. The van der Waals surface area contributed by atoms with Crippen LogP contribution in [0.4, 0.5) is 0 Å². The van der Waals surface area contributed by atoms with E-state index in [1.807, 2.05) is 0 Å². The molecule has 2 aromatic rings. The Morgan fingerprint density at radius 2 is 1.10 bits per heavy atom. The zero-order chi connectivity index (χ0) is 18.7. The van der Waals surface area contributed by atoms with E-state index < -0.39 is 23.2 Å². The van der Waals surface area contributed by atoms with E-state index in [9.17, 15) is 0 Å². The van der Waals surface area contributed by atoms with Gasteiger partial charge in [-0.25, -0.2) is 0 Å². The third kappa shape index (κ3) is 3.77. The van der Waals surface area contributed by atoms with Crippen LogP contribution in [0.3, 0.4) is 0 Å². The Morgan fingerprint density at radius 3 is 1.48 bits per heavy atom. The van der Waals surface area contributed by atoms with Gasteiger partial charge in [-0.1, -0.05) is 0 Å². The van der Waals surface area contributed by atoms with Gasteiger partial charge >= 0.3 is 176 Å². The zero-order valence-electron chi connectivity index (χ0n) is 17.6. The van der Waals surface area contributed by atoms with Crippen LogP contribution >= 0.6 is 0 Å². The van der Waals surface area contributed by atoms with Gasteiger partial charge in [-0.15, -0.1) is 0 Å². The molecule has 1 heterocycles. The van der Waals surface area contributed by atoms with E-state index in [0.29, 0.717) is 11.8 Å². The van der Waals surface area contributed by atoms with Crippen molar-refractivity contribution in [2.45, 2.75) is 59.6 Å². The molecule has 0 amide bonds. The summed E-state index contributed by atoms with van der Waals surface area (Å²) in [5, 5.41) is 0. The van der Waals surface area contributed by atoms with E-state index in [1.54, 1.807) is 44.5 Å². The topological polar surface area (TPSA) is 0 Å². The molecule has 0 bridgehead atoms. The Morgan fingerprint density at radius 1 is 0.690 bits per heavy atom. The van der Waals surface area contributed by atoms with Crippen molar-refractivity contribution in [3.8, 4) is 0 Å². The molecule has 29 heavy (non-hydrogen) atoms. The normalized spacial score (nSPS) is 20.6. The molecular formula is C26H28Cl2Zr. The van der Waals surface area contributed by atoms with Crippen molar-refractivity contribution >= 4 is 12.2 Å². The number of benzene rings is 2. The quantitative estimate of drug-likeness (QED) is 0.583. The smallest absolute Gasteiger partial charge is 1.00 e. The van der Waals surface area contributed by atoms with Crippen LogP contribution in [0.25, 0.3) is 12.2 Å². The zero-order valence-corrected chi connectivity index (χ0v) is 21.6. The molecule has 2 aromatic carbocycles. The standard InChI is InChI=1S/C26H28.2ClH.Zr/c1-17(2)23-9-5-7-21-13-19(15-25(21)23)11-12-20-14-22-8-6-10-24(18(3)4)26(22)16-20;;;/h5-10,13-18H,11-12H2,1-4H3;2*1H;/q;;;+2/p-2. The van der Waals surface area contributed by atoms with Crippen LogP contribution in [0.2, 0.25) is 0 Å². The second-order valence-electron chi connectivity index (χ2n) is 8.98. The van der Waals surface area contributed by atoms with E-state index in [-0.39, 0.29) is 24.8 Å². The van der Waals surface area contributed by atoms with Crippen molar-refractivity contribution in [1.82, 2.24) is 0 Å². The third-order valence-electron chi connectivity index (χ3n) is 6.65. The van der Waals surface area contributed by atoms with Crippen LogP contribution in [-0.2, 0) is 23.2 Å². The van der Waals surface area contributed by atoms with Crippen LogP contribution < -0.4 is 24.8 Å². The van der Waals surface area contributed by atoms with E-state index in [4.69, 9.17) is 0 Å². The Kier molecular flexibility index (Phi) is 7.04. The number of fused-ring (bicyclic) bond motifs is 6. The van der Waals surface area contributed by atoms with Gasteiger partial charge in [0.1, 0.15) is 0 Å². The summed E-state index contributed by atoms with van der Waals surface area (Å²) < 4.78 is 1.57. The molecule has 1 fully saturated rings. The van der Waals surface area contributed by atoms with Crippen molar-refractivity contribution in [1.29, 1.82) is 0 Å². The van der Waals surface area contributed by atoms with Gasteiger partial charge in [0.15, 0.2) is 0 Å². The van der Waals surface area contributed by atoms with E-state index in [2.05, 4.69) is 76.2 Å². The molecule has 2 atom stereocenters. The maximum Gasteiger partial charge on any atom is -1.00 e. The fourth-order valence-electron chi connectivity index (χ4n) is 5.27. The summed E-state index contributed by atoms with van der Waals surface area (Å²) in [6.07, 6.45) is 7.71. The van der Waals surface area contributed by atoms with Crippen LogP contribution in [0.1, 0.15) is 93.0 Å². The van der Waals surface area contributed by atoms with Crippen molar-refractivity contribution in [3.05, 3.63) is 80.9 Å². The van der Waals surface area contributed by atoms with Gasteiger partial charge in [0.05, 0.1) is 0 Å². The number of rotatable bonds is 2. The first-order valence-electron chi connectivity index (χ1n) is 10.5. The number of hydrogen-bond acceptors (Lipinski definition) is 0. The van der Waals surface area contributed by atoms with E-state index in [1.165, 1.54) is 12.8 Å². The van der Waals surface area contributed by atoms with Gasteiger partial charge < -0.3 is 24.8 Å². The average molecular weight is 503 g/mol. The van der Waals surface area contributed by atoms with Gasteiger partial charge in [0, 0.05) is 0 Å². The molecule has 1 saturated heterocycles. The molecule has 0 spiro atoms. The Bertz CT molecular complexity index is 905. The van der Waals surface area contributed by atoms with Crippen molar-refractivity contribution < 1.29 is 48.0 Å². The fraction of sp³-hybridized carbons (Fsp3) is 0.385. The first-order valence-corrected chi connectivity index (χ1v) is 13.3. The van der Waals surface area contributed by atoms with Crippen molar-refractivity contribution in [2.24, 2.45) is 0 Å². The Labute approximate surface area is 199 Å². The molecule has 1 aliphatic heterocycles. The number of hydrogen-bond donors (Lipinski definition) is 0. The van der Waals surface area contributed by atoms with Crippen LogP contribution in [-0.4, -0.2) is 0 Å².